The van der Waals surface area contributed by atoms with Crippen LogP contribution in [-0.4, -0.2) is 26.3 Å². The first-order valence-corrected chi connectivity index (χ1v) is 7.53. The van der Waals surface area contributed by atoms with Crippen molar-refractivity contribution in [3.05, 3.63) is 53.6 Å². The van der Waals surface area contributed by atoms with Crippen molar-refractivity contribution in [3.8, 4) is 0 Å². The van der Waals surface area contributed by atoms with Crippen LogP contribution in [0, 0.1) is 0 Å². The minimum absolute atomic E-state index is 0.0500. The van der Waals surface area contributed by atoms with Crippen molar-refractivity contribution in [3.63, 3.8) is 0 Å². The number of hydrogen-bond donors (Lipinski definition) is 1. The Morgan fingerprint density at radius 1 is 1.18 bits per heavy atom. The molecule has 6 nitrogen and oxygen atoms in total. The molecule has 0 atom stereocenters. The number of carbonyl (C=O) groups excluding carboxylic acids is 2. The first-order valence-electron chi connectivity index (χ1n) is 6.50. The van der Waals surface area contributed by atoms with Crippen LogP contribution in [0.4, 0.5) is 0 Å². The molecule has 1 rings (SSSR count). The second kappa shape index (κ2) is 8.68. The Hall–Kier alpha value is -2.54. The van der Waals surface area contributed by atoms with E-state index in [1.54, 1.807) is 30.4 Å². The van der Waals surface area contributed by atoms with Crippen LogP contribution in [0.15, 0.2) is 46.9 Å². The topological polar surface area (TPSA) is 92.7 Å². The van der Waals surface area contributed by atoms with Crippen molar-refractivity contribution in [2.45, 2.75) is 19.9 Å². The zero-order valence-electron chi connectivity index (χ0n) is 12.2. The minimum Gasteiger partial charge on any atom is -0.350 e. The average Bonchev–Trinajstić information content (AvgIpc) is 2.42. The molecular weight excluding hydrogens is 304 g/mol. The van der Waals surface area contributed by atoms with Crippen LogP contribution >= 0.6 is 0 Å². The largest absolute Gasteiger partial charge is 0.350 e. The van der Waals surface area contributed by atoms with Crippen molar-refractivity contribution in [1.82, 2.24) is 5.32 Å². The number of nitrogens with one attached hydrogen (secondary N) is 1. The van der Waals surface area contributed by atoms with Gasteiger partial charge >= 0.3 is 10.5 Å². The molecule has 0 heterocycles. The molecule has 116 valence electrons. The van der Waals surface area contributed by atoms with Crippen LogP contribution in [0.3, 0.4) is 0 Å². The number of carbonyl (C=O) groups is 2. The van der Waals surface area contributed by atoms with E-state index in [9.17, 15) is 18.0 Å². The van der Waals surface area contributed by atoms with Crippen LogP contribution in [0.5, 0.6) is 0 Å². The van der Waals surface area contributed by atoms with Crippen molar-refractivity contribution < 1.29 is 18.0 Å². The van der Waals surface area contributed by atoms with Gasteiger partial charge in [0.2, 0.25) is 5.91 Å². The van der Waals surface area contributed by atoms with Gasteiger partial charge < -0.3 is 5.32 Å². The third-order valence-electron chi connectivity index (χ3n) is 2.41. The molecule has 2 amide bonds. The summed E-state index contributed by atoms with van der Waals surface area (Å²) in [6.45, 7) is 3.71. The van der Waals surface area contributed by atoms with Gasteiger partial charge in [0.05, 0.1) is 5.56 Å². The monoisotopic (exact) mass is 320 g/mol. The lowest BCUT2D eigenvalue weighted by Gasteiger charge is -2.03. The highest BCUT2D eigenvalue weighted by molar-refractivity contribution is 7.62. The Kier molecular flexibility index (Phi) is 6.91. The van der Waals surface area contributed by atoms with E-state index in [1.165, 1.54) is 18.2 Å². The summed E-state index contributed by atoms with van der Waals surface area (Å²) in [5.41, 5.74) is 0.679. The molecule has 0 bridgehead atoms. The molecule has 22 heavy (non-hydrogen) atoms. The van der Waals surface area contributed by atoms with Crippen LogP contribution in [0.2, 0.25) is 0 Å². The maximum Gasteiger partial charge on any atom is 0.319 e. The molecular formula is C15H16N2O4S. The van der Waals surface area contributed by atoms with E-state index >= 15 is 0 Å². The van der Waals surface area contributed by atoms with Crippen LogP contribution in [0.1, 0.15) is 29.8 Å². The predicted octanol–water partition coefficient (Wildman–Crippen LogP) is 1.98. The van der Waals surface area contributed by atoms with E-state index < -0.39 is 16.4 Å². The molecule has 0 aliphatic carbocycles. The van der Waals surface area contributed by atoms with Crippen molar-refractivity contribution in [2.24, 2.45) is 4.36 Å². The lowest BCUT2D eigenvalue weighted by molar-refractivity contribution is -0.116. The van der Waals surface area contributed by atoms with E-state index in [2.05, 4.69) is 9.68 Å². The first kappa shape index (κ1) is 17.5. The number of benzene rings is 1. The third kappa shape index (κ3) is 6.27. The molecule has 1 aromatic rings. The lowest BCUT2D eigenvalue weighted by Crippen LogP contribution is -2.28. The van der Waals surface area contributed by atoms with E-state index in [0.717, 1.165) is 0 Å². The molecule has 0 saturated carbocycles. The fraction of sp³-hybridized carbons (Fsp3) is 0.200. The summed E-state index contributed by atoms with van der Waals surface area (Å²) >= 11 is 0. The van der Waals surface area contributed by atoms with Crippen LogP contribution in [-0.2, 0) is 15.3 Å². The van der Waals surface area contributed by atoms with Crippen molar-refractivity contribution >= 4 is 28.4 Å². The summed E-state index contributed by atoms with van der Waals surface area (Å²) in [7, 11) is -2.79. The van der Waals surface area contributed by atoms with Gasteiger partial charge in [-0.05, 0) is 25.5 Å². The molecule has 0 aromatic heterocycles. The van der Waals surface area contributed by atoms with E-state index in [0.29, 0.717) is 5.56 Å². The molecule has 0 saturated heterocycles. The zero-order chi connectivity index (χ0) is 16.5. The number of amides is 2. The highest BCUT2D eigenvalue weighted by Crippen LogP contribution is 2.12. The minimum atomic E-state index is -2.79. The van der Waals surface area contributed by atoms with E-state index in [-0.39, 0.29) is 17.5 Å². The lowest BCUT2D eigenvalue weighted by atomic mass is 10.1. The van der Waals surface area contributed by atoms with Gasteiger partial charge in [-0.15, -0.1) is 0 Å². The molecule has 0 aliphatic heterocycles. The third-order valence-corrected chi connectivity index (χ3v) is 2.73. The van der Waals surface area contributed by atoms with E-state index in [4.69, 9.17) is 0 Å². The Bertz CT molecular complexity index is 739. The smallest absolute Gasteiger partial charge is 0.319 e. The van der Waals surface area contributed by atoms with Gasteiger partial charge in [-0.1, -0.05) is 40.8 Å². The molecule has 1 aromatic carbocycles. The number of rotatable bonds is 5. The van der Waals surface area contributed by atoms with Gasteiger partial charge in [0.15, 0.2) is 0 Å². The normalized spacial score (nSPS) is 11.0. The summed E-state index contributed by atoms with van der Waals surface area (Å²) in [6.07, 6.45) is 6.07. The molecule has 0 radical (unpaired) electrons. The maximum absolute atomic E-state index is 11.7. The molecule has 0 aliphatic rings. The molecule has 0 spiro atoms. The standard InChI is InChI=1S/C15H16N2O4S/c1-11(2)16-14(18)10-6-4-8-12-7-3-5-9-13(12)15(19)17-22(20)21/h3-11H,1-2H3,(H,16,18). The Balaban J connectivity index is 2.88. The summed E-state index contributed by atoms with van der Waals surface area (Å²) in [4.78, 5) is 23.1. The Morgan fingerprint density at radius 2 is 1.86 bits per heavy atom. The van der Waals surface area contributed by atoms with Crippen molar-refractivity contribution in [1.29, 1.82) is 0 Å². The molecule has 0 fully saturated rings. The van der Waals surface area contributed by atoms with Crippen LogP contribution < -0.4 is 5.32 Å². The Morgan fingerprint density at radius 3 is 2.50 bits per heavy atom. The van der Waals surface area contributed by atoms with Gasteiger partial charge in [-0.2, -0.15) is 8.42 Å². The zero-order valence-corrected chi connectivity index (χ0v) is 13.0. The quantitative estimate of drug-likeness (QED) is 0.663. The first-order chi connectivity index (χ1) is 10.4. The van der Waals surface area contributed by atoms with Gasteiger partial charge in [-0.25, -0.2) is 0 Å². The molecule has 7 heteroatoms. The fourth-order valence-electron chi connectivity index (χ4n) is 1.59. The highest BCUT2D eigenvalue weighted by atomic mass is 32.2. The second-order valence-electron chi connectivity index (χ2n) is 4.58. The van der Waals surface area contributed by atoms with Gasteiger partial charge in [0.1, 0.15) is 0 Å². The second-order valence-corrected chi connectivity index (χ2v) is 5.20. The summed E-state index contributed by atoms with van der Waals surface area (Å²) in [5, 5.41) is 2.70. The number of hydrogen-bond acceptors (Lipinski definition) is 4. The van der Waals surface area contributed by atoms with Crippen LogP contribution in [0.25, 0.3) is 6.08 Å². The SMILES string of the molecule is CC(C)NC(=O)C=CC=Cc1ccccc1C(=O)N=S(=O)=O. The van der Waals surface area contributed by atoms with E-state index in [1.807, 2.05) is 13.8 Å². The molecule has 1 N–H and O–H groups in total. The van der Waals surface area contributed by atoms with Gasteiger partial charge in [0.25, 0.3) is 5.91 Å². The molecule has 0 unspecified atom stereocenters. The fourth-order valence-corrected chi connectivity index (χ4v) is 1.82. The van der Waals surface area contributed by atoms with Crippen molar-refractivity contribution in [2.75, 3.05) is 0 Å². The maximum atomic E-state index is 11.7. The number of nitrogens with zero attached hydrogens (tertiary/aromatic N) is 1. The summed E-state index contributed by atoms with van der Waals surface area (Å²) in [6, 6.07) is 6.50. The van der Waals surface area contributed by atoms with Gasteiger partial charge in [0, 0.05) is 12.1 Å². The highest BCUT2D eigenvalue weighted by Gasteiger charge is 2.08. The van der Waals surface area contributed by atoms with Gasteiger partial charge in [-0.3, -0.25) is 9.59 Å². The summed E-state index contributed by atoms with van der Waals surface area (Å²) < 4.78 is 23.9. The number of allylic oxidation sites excluding steroid dienone is 2. The average molecular weight is 320 g/mol. The predicted molar refractivity (Wildman–Crippen MR) is 83.6 cm³/mol. The summed E-state index contributed by atoms with van der Waals surface area (Å²) in [5.74, 6) is -1.06. The Labute approximate surface area is 130 Å².